The van der Waals surface area contributed by atoms with E-state index in [1.165, 1.54) is 5.56 Å². The molecule has 2 aliphatic heterocycles. The van der Waals surface area contributed by atoms with E-state index in [1.807, 2.05) is 11.0 Å². The van der Waals surface area contributed by atoms with Gasteiger partial charge < -0.3 is 9.80 Å². The fraction of sp³-hybridized carbons (Fsp3) is 0.600. The molecule has 0 aromatic heterocycles. The lowest BCUT2D eigenvalue weighted by Gasteiger charge is -2.26. The minimum atomic E-state index is 0.108. The molecule has 5 nitrogen and oxygen atoms in total. The van der Waals surface area contributed by atoms with Crippen molar-refractivity contribution < 1.29 is 9.59 Å². The summed E-state index contributed by atoms with van der Waals surface area (Å²) >= 11 is 0. The maximum Gasteiger partial charge on any atom is 0.242 e. The van der Waals surface area contributed by atoms with E-state index in [9.17, 15) is 9.59 Å². The standard InChI is InChI=1S/C20H29N3O2/c24-19-10-5-2-6-12-23(19)17-20(25)22-13-7-11-21(14-15-22)16-18-8-3-1-4-9-18/h1,3-4,8-9H,2,5-7,10-17H2. The Morgan fingerprint density at radius 2 is 1.72 bits per heavy atom. The summed E-state index contributed by atoms with van der Waals surface area (Å²) < 4.78 is 0. The van der Waals surface area contributed by atoms with Gasteiger partial charge in [-0.3, -0.25) is 14.5 Å². The highest BCUT2D eigenvalue weighted by Crippen LogP contribution is 2.13. The largest absolute Gasteiger partial charge is 0.340 e. The third kappa shape index (κ3) is 5.30. The van der Waals surface area contributed by atoms with Gasteiger partial charge in [0.15, 0.2) is 0 Å². The molecule has 0 radical (unpaired) electrons. The van der Waals surface area contributed by atoms with Gasteiger partial charge >= 0.3 is 0 Å². The third-order valence-electron chi connectivity index (χ3n) is 5.19. The molecule has 0 spiro atoms. The molecular weight excluding hydrogens is 314 g/mol. The summed E-state index contributed by atoms with van der Waals surface area (Å²) in [6, 6.07) is 10.5. The van der Waals surface area contributed by atoms with E-state index in [1.54, 1.807) is 4.90 Å². The molecule has 0 unspecified atom stereocenters. The van der Waals surface area contributed by atoms with Crippen molar-refractivity contribution >= 4 is 11.8 Å². The molecule has 136 valence electrons. The molecular formula is C20H29N3O2. The molecule has 2 amide bonds. The number of hydrogen-bond acceptors (Lipinski definition) is 3. The van der Waals surface area contributed by atoms with Gasteiger partial charge in [-0.25, -0.2) is 0 Å². The average molecular weight is 343 g/mol. The van der Waals surface area contributed by atoms with Crippen LogP contribution >= 0.6 is 0 Å². The zero-order valence-corrected chi connectivity index (χ0v) is 15.0. The Kier molecular flexibility index (Phi) is 6.45. The molecule has 3 rings (SSSR count). The summed E-state index contributed by atoms with van der Waals surface area (Å²) in [5, 5.41) is 0. The van der Waals surface area contributed by atoms with E-state index in [4.69, 9.17) is 0 Å². The van der Waals surface area contributed by atoms with Gasteiger partial charge in [-0.1, -0.05) is 36.8 Å². The highest BCUT2D eigenvalue weighted by Gasteiger charge is 2.24. The van der Waals surface area contributed by atoms with Crippen molar-refractivity contribution in [3.63, 3.8) is 0 Å². The Morgan fingerprint density at radius 1 is 0.880 bits per heavy atom. The van der Waals surface area contributed by atoms with Crippen LogP contribution < -0.4 is 0 Å². The summed E-state index contributed by atoms with van der Waals surface area (Å²) in [5.41, 5.74) is 1.32. The van der Waals surface area contributed by atoms with Crippen molar-refractivity contribution in [2.75, 3.05) is 39.3 Å². The lowest BCUT2D eigenvalue weighted by molar-refractivity contribution is -0.140. The first-order chi connectivity index (χ1) is 12.2. The van der Waals surface area contributed by atoms with Crippen molar-refractivity contribution in [2.24, 2.45) is 0 Å². The number of hydrogen-bond donors (Lipinski definition) is 0. The van der Waals surface area contributed by atoms with E-state index in [2.05, 4.69) is 29.2 Å². The number of carbonyl (C=O) groups excluding carboxylic acids is 2. The van der Waals surface area contributed by atoms with E-state index in [0.29, 0.717) is 6.42 Å². The molecule has 25 heavy (non-hydrogen) atoms. The Morgan fingerprint density at radius 3 is 2.56 bits per heavy atom. The van der Waals surface area contributed by atoms with Crippen molar-refractivity contribution in [2.45, 2.75) is 38.6 Å². The lowest BCUT2D eigenvalue weighted by Crippen LogP contribution is -2.44. The molecule has 5 heteroatoms. The van der Waals surface area contributed by atoms with Crippen LogP contribution in [0.4, 0.5) is 0 Å². The van der Waals surface area contributed by atoms with E-state index in [0.717, 1.165) is 65.0 Å². The van der Waals surface area contributed by atoms with Crippen LogP contribution in [0.5, 0.6) is 0 Å². The zero-order valence-electron chi connectivity index (χ0n) is 15.0. The normalized spacial score (nSPS) is 20.2. The van der Waals surface area contributed by atoms with Gasteiger partial charge in [0.25, 0.3) is 0 Å². The van der Waals surface area contributed by atoms with Gasteiger partial charge in [-0.05, 0) is 24.8 Å². The molecule has 1 aromatic carbocycles. The summed E-state index contributed by atoms with van der Waals surface area (Å²) in [7, 11) is 0. The quantitative estimate of drug-likeness (QED) is 0.841. The van der Waals surface area contributed by atoms with Crippen LogP contribution in [0.1, 0.15) is 37.7 Å². The zero-order chi connectivity index (χ0) is 17.5. The predicted molar refractivity (Wildman–Crippen MR) is 98.0 cm³/mol. The number of carbonyl (C=O) groups is 2. The van der Waals surface area contributed by atoms with Gasteiger partial charge in [0, 0.05) is 45.7 Å². The Hall–Kier alpha value is -1.88. The van der Waals surface area contributed by atoms with Crippen molar-refractivity contribution in [1.29, 1.82) is 0 Å². The summed E-state index contributed by atoms with van der Waals surface area (Å²) in [6.07, 6.45) is 4.66. The number of benzene rings is 1. The molecule has 0 saturated carbocycles. The molecule has 0 aliphatic carbocycles. The second kappa shape index (κ2) is 8.99. The molecule has 2 aliphatic rings. The smallest absolute Gasteiger partial charge is 0.242 e. The van der Waals surface area contributed by atoms with Crippen LogP contribution in [0.15, 0.2) is 30.3 Å². The molecule has 0 bridgehead atoms. The molecule has 2 fully saturated rings. The minimum absolute atomic E-state index is 0.108. The van der Waals surface area contributed by atoms with Crippen LogP contribution in [0, 0.1) is 0 Å². The van der Waals surface area contributed by atoms with Gasteiger partial charge in [0.2, 0.25) is 11.8 Å². The van der Waals surface area contributed by atoms with Gasteiger partial charge in [-0.15, -0.1) is 0 Å². The first-order valence-corrected chi connectivity index (χ1v) is 9.54. The Labute approximate surface area is 150 Å². The highest BCUT2D eigenvalue weighted by molar-refractivity contribution is 5.85. The van der Waals surface area contributed by atoms with Gasteiger partial charge in [0.1, 0.15) is 0 Å². The fourth-order valence-electron chi connectivity index (χ4n) is 3.69. The van der Waals surface area contributed by atoms with Gasteiger partial charge in [-0.2, -0.15) is 0 Å². The number of likely N-dealkylation sites (tertiary alicyclic amines) is 1. The first kappa shape index (κ1) is 17.9. The maximum absolute atomic E-state index is 12.7. The van der Waals surface area contributed by atoms with Crippen LogP contribution in [0.3, 0.4) is 0 Å². The number of rotatable bonds is 4. The average Bonchev–Trinajstić information content (AvgIpc) is 2.97. The second-order valence-electron chi connectivity index (χ2n) is 7.12. The summed E-state index contributed by atoms with van der Waals surface area (Å²) in [4.78, 5) is 30.9. The maximum atomic E-state index is 12.7. The van der Waals surface area contributed by atoms with Crippen LogP contribution in [-0.2, 0) is 16.1 Å². The van der Waals surface area contributed by atoms with Crippen LogP contribution in [0.2, 0.25) is 0 Å². The predicted octanol–water partition coefficient (Wildman–Crippen LogP) is 2.12. The second-order valence-corrected chi connectivity index (χ2v) is 7.12. The first-order valence-electron chi connectivity index (χ1n) is 9.54. The highest BCUT2D eigenvalue weighted by atomic mass is 16.2. The summed E-state index contributed by atoms with van der Waals surface area (Å²) in [5.74, 6) is 0.253. The van der Waals surface area contributed by atoms with Crippen molar-refractivity contribution in [3.05, 3.63) is 35.9 Å². The van der Waals surface area contributed by atoms with Crippen LogP contribution in [-0.4, -0.2) is 65.8 Å². The van der Waals surface area contributed by atoms with Gasteiger partial charge in [0.05, 0.1) is 6.54 Å². The van der Waals surface area contributed by atoms with Crippen molar-refractivity contribution in [3.8, 4) is 0 Å². The molecule has 1 aromatic rings. The number of amides is 2. The van der Waals surface area contributed by atoms with E-state index >= 15 is 0 Å². The molecule has 2 heterocycles. The molecule has 0 N–H and O–H groups in total. The minimum Gasteiger partial charge on any atom is -0.340 e. The molecule has 0 atom stereocenters. The lowest BCUT2D eigenvalue weighted by atomic mass is 10.2. The van der Waals surface area contributed by atoms with Crippen molar-refractivity contribution in [1.82, 2.24) is 14.7 Å². The number of nitrogens with zero attached hydrogens (tertiary/aromatic N) is 3. The van der Waals surface area contributed by atoms with Crippen LogP contribution in [0.25, 0.3) is 0 Å². The van der Waals surface area contributed by atoms with E-state index in [-0.39, 0.29) is 18.4 Å². The third-order valence-corrected chi connectivity index (χ3v) is 5.19. The Balaban J connectivity index is 1.50. The topological polar surface area (TPSA) is 43.9 Å². The Bertz CT molecular complexity index is 576. The summed E-state index contributed by atoms with van der Waals surface area (Å²) in [6.45, 7) is 5.40. The fourth-order valence-corrected chi connectivity index (χ4v) is 3.69. The van der Waals surface area contributed by atoms with E-state index < -0.39 is 0 Å². The monoisotopic (exact) mass is 343 g/mol. The SMILES string of the molecule is O=C(CN1CCCCCC1=O)N1CCCN(Cc2ccccc2)CC1. The molecule has 2 saturated heterocycles.